The molecule has 3 aromatic rings. The second-order valence-electron chi connectivity index (χ2n) is 9.70. The number of fused-ring (bicyclic) bond motifs is 7. The van der Waals surface area contributed by atoms with Crippen LogP contribution < -0.4 is 4.74 Å². The van der Waals surface area contributed by atoms with Crippen molar-refractivity contribution in [3.8, 4) is 45.9 Å². The van der Waals surface area contributed by atoms with Crippen LogP contribution >= 0.6 is 0 Å². The lowest BCUT2D eigenvalue weighted by atomic mass is 9.72. The highest BCUT2D eigenvalue weighted by Crippen LogP contribution is 2.49. The van der Waals surface area contributed by atoms with Crippen molar-refractivity contribution in [3.63, 3.8) is 0 Å². The lowest BCUT2D eigenvalue weighted by Crippen LogP contribution is -2.15. The summed E-state index contributed by atoms with van der Waals surface area (Å²) in [7, 11) is 0. The summed E-state index contributed by atoms with van der Waals surface area (Å²) in [5.74, 6) is 1.30. The van der Waals surface area contributed by atoms with Crippen LogP contribution in [0, 0.1) is 22.7 Å². The number of phenols is 1. The lowest BCUT2D eigenvalue weighted by molar-refractivity contribution is -0.117. The number of Topliss-reactive ketones (excluding diaryl/α,β-unsaturated/α-hetero) is 1. The van der Waals surface area contributed by atoms with Gasteiger partial charge < -0.3 is 14.6 Å². The van der Waals surface area contributed by atoms with Gasteiger partial charge in [-0.25, -0.2) is 0 Å². The molecule has 0 spiro atoms. The van der Waals surface area contributed by atoms with E-state index < -0.39 is 0 Å². The molecule has 0 radical (unpaired) electrons. The van der Waals surface area contributed by atoms with Crippen molar-refractivity contribution in [3.05, 3.63) is 69.8 Å². The average Bonchev–Trinajstić information content (AvgIpc) is 2.88. The third-order valence-corrected chi connectivity index (χ3v) is 7.37. The van der Waals surface area contributed by atoms with Gasteiger partial charge in [-0.1, -0.05) is 12.1 Å². The van der Waals surface area contributed by atoms with Crippen LogP contribution in [0.1, 0.15) is 66.0 Å². The zero-order valence-electron chi connectivity index (χ0n) is 20.5. The molecule has 0 aromatic heterocycles. The van der Waals surface area contributed by atoms with Crippen LogP contribution in [0.3, 0.4) is 0 Å². The largest absolute Gasteiger partial charge is 0.508 e. The van der Waals surface area contributed by atoms with Crippen LogP contribution in [0.15, 0.2) is 36.4 Å². The average molecular weight is 477 g/mol. The molecular formula is C31H28N2O3. The van der Waals surface area contributed by atoms with Crippen molar-refractivity contribution in [2.45, 2.75) is 58.3 Å². The van der Waals surface area contributed by atoms with Crippen molar-refractivity contribution < 1.29 is 14.6 Å². The molecule has 0 bridgehead atoms. The fourth-order valence-electron chi connectivity index (χ4n) is 5.70. The molecular weight excluding hydrogens is 448 g/mol. The number of ketones is 1. The number of hydrogen-bond acceptors (Lipinski definition) is 5. The van der Waals surface area contributed by atoms with Gasteiger partial charge in [0.2, 0.25) is 0 Å². The maximum atomic E-state index is 11.1. The highest BCUT2D eigenvalue weighted by atomic mass is 16.5. The number of hydrogen-bond donors (Lipinski definition) is 1. The monoisotopic (exact) mass is 476 g/mol. The van der Waals surface area contributed by atoms with Crippen LogP contribution in [0.5, 0.6) is 11.5 Å². The number of benzene rings is 3. The van der Waals surface area contributed by atoms with Gasteiger partial charge in [-0.15, -0.1) is 0 Å². The number of carbonyl (C=O) groups is 1. The molecule has 0 aliphatic heterocycles. The van der Waals surface area contributed by atoms with Gasteiger partial charge in [0.15, 0.2) is 0 Å². The van der Waals surface area contributed by atoms with Crippen molar-refractivity contribution in [1.82, 2.24) is 0 Å². The molecule has 180 valence electrons. The third kappa shape index (κ3) is 4.23. The first kappa shape index (κ1) is 23.6. The van der Waals surface area contributed by atoms with Crippen LogP contribution in [0.25, 0.3) is 22.3 Å². The van der Waals surface area contributed by atoms with Crippen LogP contribution in [-0.2, 0) is 30.5 Å². The van der Waals surface area contributed by atoms with E-state index in [-0.39, 0.29) is 11.5 Å². The summed E-state index contributed by atoms with van der Waals surface area (Å²) in [6, 6.07) is 16.3. The minimum Gasteiger partial charge on any atom is -0.508 e. The quantitative estimate of drug-likeness (QED) is 0.410. The van der Waals surface area contributed by atoms with Crippen molar-refractivity contribution in [1.29, 1.82) is 10.5 Å². The van der Waals surface area contributed by atoms with Gasteiger partial charge in [-0.05, 0) is 121 Å². The Morgan fingerprint density at radius 2 is 1.47 bits per heavy atom. The van der Waals surface area contributed by atoms with Gasteiger partial charge in [0.05, 0.1) is 17.7 Å². The zero-order valence-corrected chi connectivity index (χ0v) is 20.5. The maximum Gasteiger partial charge on any atom is 0.129 e. The Balaban J connectivity index is 1.54. The van der Waals surface area contributed by atoms with Crippen LogP contribution in [0.2, 0.25) is 0 Å². The fourth-order valence-corrected chi connectivity index (χ4v) is 5.70. The highest BCUT2D eigenvalue weighted by molar-refractivity contribution is 5.95. The Labute approximate surface area is 211 Å². The van der Waals surface area contributed by atoms with E-state index in [1.807, 2.05) is 18.2 Å². The number of rotatable bonds is 7. The SMILES string of the molecule is CC(=O)CCCCCOc1ccc2c(c1)CCc1c(C#N)c(C#N)c3c(c1-2)-c1ccc(O)cc1CC3. The number of nitrogens with zero attached hydrogens (tertiary/aromatic N) is 2. The first-order valence-corrected chi connectivity index (χ1v) is 12.6. The number of nitriles is 2. The molecule has 0 unspecified atom stereocenters. The second-order valence-corrected chi connectivity index (χ2v) is 9.70. The Morgan fingerprint density at radius 1 is 0.861 bits per heavy atom. The molecule has 0 saturated carbocycles. The summed E-state index contributed by atoms with van der Waals surface area (Å²) in [6.45, 7) is 2.24. The Hall–Kier alpha value is -4.09. The molecule has 0 saturated heterocycles. The number of ether oxygens (including phenoxy) is 1. The smallest absolute Gasteiger partial charge is 0.129 e. The van der Waals surface area contributed by atoms with Crippen LogP contribution in [0.4, 0.5) is 0 Å². The van der Waals surface area contributed by atoms with Gasteiger partial charge in [0, 0.05) is 6.42 Å². The minimum absolute atomic E-state index is 0.231. The van der Waals surface area contributed by atoms with Gasteiger partial charge in [-0.3, -0.25) is 0 Å². The molecule has 0 amide bonds. The molecule has 0 heterocycles. The molecule has 5 heteroatoms. The van der Waals surface area contributed by atoms with E-state index in [9.17, 15) is 20.4 Å². The normalized spacial score (nSPS) is 12.9. The van der Waals surface area contributed by atoms with E-state index in [2.05, 4.69) is 24.3 Å². The van der Waals surface area contributed by atoms with Gasteiger partial charge in [0.25, 0.3) is 0 Å². The Morgan fingerprint density at radius 3 is 2.08 bits per heavy atom. The molecule has 5 nitrogen and oxygen atoms in total. The minimum atomic E-state index is 0.231. The topological polar surface area (TPSA) is 94.1 Å². The van der Waals surface area contributed by atoms with Gasteiger partial charge >= 0.3 is 0 Å². The van der Waals surface area contributed by atoms with Gasteiger partial charge in [0.1, 0.15) is 29.4 Å². The Bertz CT molecular complexity index is 1460. The molecule has 3 aromatic carbocycles. The zero-order chi connectivity index (χ0) is 25.2. The molecule has 2 aliphatic carbocycles. The first-order chi connectivity index (χ1) is 17.5. The van der Waals surface area contributed by atoms with Crippen molar-refractivity contribution in [2.75, 3.05) is 6.61 Å². The number of aromatic hydroxyl groups is 1. The lowest BCUT2D eigenvalue weighted by Gasteiger charge is -2.31. The standard InChI is InChI=1S/C31H28N2O3/c1-19(34)5-3-2-4-14-36-23-9-13-25-21(16-23)7-11-27-29(18-33)28(17-32)26-10-6-20-15-22(35)8-12-24(20)30(26)31(25)27/h8-9,12-13,15-16,35H,2-7,10-11,14H2,1H3. The predicted octanol–water partition coefficient (Wildman–Crippen LogP) is 6.19. The molecule has 36 heavy (non-hydrogen) atoms. The molecule has 1 N–H and O–H groups in total. The third-order valence-electron chi connectivity index (χ3n) is 7.37. The van der Waals surface area contributed by atoms with E-state index >= 15 is 0 Å². The fraction of sp³-hybridized carbons (Fsp3) is 0.323. The molecule has 2 aliphatic rings. The summed E-state index contributed by atoms with van der Waals surface area (Å²) < 4.78 is 6.02. The van der Waals surface area contributed by atoms with E-state index in [0.29, 0.717) is 37.0 Å². The highest BCUT2D eigenvalue weighted by Gasteiger charge is 2.31. The number of phenolic OH excluding ortho intramolecular Hbond substituents is 1. The van der Waals surface area contributed by atoms with Gasteiger partial charge in [-0.2, -0.15) is 10.5 Å². The summed E-state index contributed by atoms with van der Waals surface area (Å²) >= 11 is 0. The number of unbranched alkanes of at least 4 members (excludes halogenated alkanes) is 2. The number of carbonyl (C=O) groups excluding carboxylic acids is 1. The molecule has 0 fully saturated rings. The van der Waals surface area contributed by atoms with E-state index in [1.165, 1.54) is 5.56 Å². The van der Waals surface area contributed by atoms with Crippen LogP contribution in [-0.4, -0.2) is 17.5 Å². The van der Waals surface area contributed by atoms with E-state index in [1.54, 1.807) is 13.0 Å². The van der Waals surface area contributed by atoms with Crippen molar-refractivity contribution >= 4 is 5.78 Å². The Kier molecular flexibility index (Phi) is 6.49. The number of aryl methyl sites for hydroxylation is 2. The predicted molar refractivity (Wildman–Crippen MR) is 138 cm³/mol. The van der Waals surface area contributed by atoms with E-state index in [4.69, 9.17) is 4.74 Å². The maximum absolute atomic E-state index is 11.1. The second kappa shape index (κ2) is 9.88. The van der Waals surface area contributed by atoms with E-state index in [0.717, 1.165) is 76.8 Å². The first-order valence-electron chi connectivity index (χ1n) is 12.6. The summed E-state index contributed by atoms with van der Waals surface area (Å²) in [5.41, 5.74) is 9.32. The molecule has 0 atom stereocenters. The molecule has 5 rings (SSSR count). The summed E-state index contributed by atoms with van der Waals surface area (Å²) in [4.78, 5) is 11.1. The van der Waals surface area contributed by atoms with Crippen molar-refractivity contribution in [2.24, 2.45) is 0 Å². The summed E-state index contributed by atoms with van der Waals surface area (Å²) in [5, 5.41) is 30.1. The summed E-state index contributed by atoms with van der Waals surface area (Å²) in [6.07, 6.45) is 6.26.